The molecule has 0 aliphatic heterocycles. The van der Waals surface area contributed by atoms with Crippen LogP contribution in [-0.4, -0.2) is 30.4 Å². The third-order valence-corrected chi connectivity index (χ3v) is 1.10. The largest absolute Gasteiger partial charge is 0.344 e. The van der Waals surface area contributed by atoms with Crippen LogP contribution < -0.4 is 5.73 Å². The van der Waals surface area contributed by atoms with Crippen LogP contribution in [0.3, 0.4) is 0 Å². The highest BCUT2D eigenvalue weighted by Crippen LogP contribution is 1.84. The number of likely N-dealkylation sites (N-methyl/N-ethyl adjacent to an activating group) is 1. The summed E-state index contributed by atoms with van der Waals surface area (Å²) >= 11 is 0. The topological polar surface area (TPSA) is 46.3 Å². The first-order valence-corrected chi connectivity index (χ1v) is 3.01. The van der Waals surface area contributed by atoms with Crippen molar-refractivity contribution in [3.8, 4) is 0 Å². The molecule has 0 saturated heterocycles. The smallest absolute Gasteiger partial charge is 0.219 e. The van der Waals surface area contributed by atoms with Crippen molar-refractivity contribution >= 4 is 5.91 Å². The van der Waals surface area contributed by atoms with E-state index in [4.69, 9.17) is 5.73 Å². The van der Waals surface area contributed by atoms with E-state index < -0.39 is 0 Å². The molecule has 9 heavy (non-hydrogen) atoms. The summed E-state index contributed by atoms with van der Waals surface area (Å²) in [6.07, 6.45) is 0. The Hall–Kier alpha value is -0.570. The number of rotatable bonds is 2. The van der Waals surface area contributed by atoms with Gasteiger partial charge in [0.2, 0.25) is 5.91 Å². The summed E-state index contributed by atoms with van der Waals surface area (Å²) < 4.78 is 0. The summed E-state index contributed by atoms with van der Waals surface area (Å²) in [7, 11) is 1.74. The van der Waals surface area contributed by atoms with Crippen molar-refractivity contribution < 1.29 is 4.79 Å². The lowest BCUT2D eigenvalue weighted by Gasteiger charge is -2.16. The number of hydrogen-bond donors (Lipinski definition) is 1. The van der Waals surface area contributed by atoms with Gasteiger partial charge in [0.05, 0.1) is 0 Å². The number of amides is 1. The molecule has 3 heteroatoms. The summed E-state index contributed by atoms with van der Waals surface area (Å²) in [6.45, 7) is 4.04. The lowest BCUT2D eigenvalue weighted by atomic mass is 10.3. The average Bonchev–Trinajstić information content (AvgIpc) is 1.63. The van der Waals surface area contributed by atoms with Gasteiger partial charge in [-0.25, -0.2) is 0 Å². The fourth-order valence-electron chi connectivity index (χ4n) is 0.561. The lowest BCUT2D eigenvalue weighted by Crippen LogP contribution is -2.35. The highest BCUT2D eigenvalue weighted by atomic mass is 16.2. The van der Waals surface area contributed by atoms with Crippen LogP contribution in [-0.2, 0) is 4.79 Å². The molecular formula is C6H14N2O. The molecule has 1 unspecified atom stereocenters. The van der Waals surface area contributed by atoms with Crippen LogP contribution in [0.25, 0.3) is 0 Å². The van der Waals surface area contributed by atoms with E-state index in [-0.39, 0.29) is 11.9 Å². The molecule has 0 rings (SSSR count). The van der Waals surface area contributed by atoms with E-state index in [0.29, 0.717) is 6.54 Å². The van der Waals surface area contributed by atoms with E-state index in [1.54, 1.807) is 11.9 Å². The second-order valence-corrected chi connectivity index (χ2v) is 2.38. The highest BCUT2D eigenvalue weighted by Gasteiger charge is 2.02. The molecule has 0 aromatic carbocycles. The second kappa shape index (κ2) is 3.45. The fourth-order valence-corrected chi connectivity index (χ4v) is 0.561. The molecule has 0 aliphatic rings. The van der Waals surface area contributed by atoms with Gasteiger partial charge in [0, 0.05) is 26.6 Å². The molecule has 0 aromatic heterocycles. The quantitative estimate of drug-likeness (QED) is 0.563. The molecule has 3 nitrogen and oxygen atoms in total. The minimum Gasteiger partial charge on any atom is -0.344 e. The summed E-state index contributed by atoms with van der Waals surface area (Å²) in [5, 5.41) is 0. The molecule has 0 heterocycles. The summed E-state index contributed by atoms with van der Waals surface area (Å²) in [5.41, 5.74) is 5.44. The zero-order valence-electron chi connectivity index (χ0n) is 6.22. The molecule has 0 fully saturated rings. The Bertz CT molecular complexity index is 101. The third kappa shape index (κ3) is 3.97. The molecule has 0 saturated carbocycles. The summed E-state index contributed by atoms with van der Waals surface area (Å²) in [6, 6.07) is 0.0684. The van der Waals surface area contributed by atoms with E-state index in [9.17, 15) is 4.79 Å². The number of carbonyl (C=O) groups is 1. The highest BCUT2D eigenvalue weighted by molar-refractivity contribution is 5.72. The van der Waals surface area contributed by atoms with Gasteiger partial charge in [-0.1, -0.05) is 0 Å². The zero-order chi connectivity index (χ0) is 7.44. The molecule has 0 bridgehead atoms. The molecule has 54 valence electrons. The Morgan fingerprint density at radius 1 is 1.78 bits per heavy atom. The monoisotopic (exact) mass is 130 g/mol. The minimum atomic E-state index is 0.0623. The molecule has 1 atom stereocenters. The molecule has 0 aliphatic carbocycles. The fraction of sp³-hybridized carbons (Fsp3) is 0.833. The van der Waals surface area contributed by atoms with Gasteiger partial charge in [-0.15, -0.1) is 0 Å². The Morgan fingerprint density at radius 2 is 2.22 bits per heavy atom. The van der Waals surface area contributed by atoms with Crippen molar-refractivity contribution in [1.82, 2.24) is 4.90 Å². The molecule has 1 amide bonds. The van der Waals surface area contributed by atoms with Gasteiger partial charge in [0.25, 0.3) is 0 Å². The van der Waals surface area contributed by atoms with Crippen molar-refractivity contribution in [3.05, 3.63) is 0 Å². The second-order valence-electron chi connectivity index (χ2n) is 2.38. The first-order valence-electron chi connectivity index (χ1n) is 3.01. The first-order chi connectivity index (χ1) is 4.04. The van der Waals surface area contributed by atoms with Gasteiger partial charge in [-0.3, -0.25) is 4.79 Å². The van der Waals surface area contributed by atoms with E-state index in [1.165, 1.54) is 6.92 Å². The van der Waals surface area contributed by atoms with Crippen molar-refractivity contribution in [2.45, 2.75) is 19.9 Å². The normalized spacial score (nSPS) is 12.9. The summed E-state index contributed by atoms with van der Waals surface area (Å²) in [4.78, 5) is 12.2. The third-order valence-electron chi connectivity index (χ3n) is 1.10. The van der Waals surface area contributed by atoms with Gasteiger partial charge in [-0.05, 0) is 6.92 Å². The molecule has 0 radical (unpaired) electrons. The minimum absolute atomic E-state index is 0.0623. The zero-order valence-corrected chi connectivity index (χ0v) is 6.22. The lowest BCUT2D eigenvalue weighted by molar-refractivity contribution is -0.127. The van der Waals surface area contributed by atoms with Crippen molar-refractivity contribution in [3.63, 3.8) is 0 Å². The van der Waals surface area contributed by atoms with E-state index in [0.717, 1.165) is 0 Å². The molecule has 2 N–H and O–H groups in total. The van der Waals surface area contributed by atoms with Crippen LogP contribution in [0.5, 0.6) is 0 Å². The number of hydrogen-bond acceptors (Lipinski definition) is 2. The van der Waals surface area contributed by atoms with E-state index >= 15 is 0 Å². The van der Waals surface area contributed by atoms with Crippen molar-refractivity contribution in [2.75, 3.05) is 13.6 Å². The molecule has 0 spiro atoms. The van der Waals surface area contributed by atoms with Crippen LogP contribution in [0.2, 0.25) is 0 Å². The van der Waals surface area contributed by atoms with Gasteiger partial charge < -0.3 is 10.6 Å². The SMILES string of the molecule is CC(=O)N(C)CC(C)N. The van der Waals surface area contributed by atoms with Crippen LogP contribution in [0, 0.1) is 0 Å². The predicted octanol–water partition coefficient (Wildman–Crippen LogP) is -0.188. The Kier molecular flexibility index (Phi) is 3.24. The van der Waals surface area contributed by atoms with Crippen molar-refractivity contribution in [2.24, 2.45) is 5.73 Å². The number of carbonyl (C=O) groups excluding carboxylic acids is 1. The first kappa shape index (κ1) is 8.43. The Labute approximate surface area is 55.8 Å². The van der Waals surface area contributed by atoms with Gasteiger partial charge >= 0.3 is 0 Å². The van der Waals surface area contributed by atoms with E-state index in [1.807, 2.05) is 6.92 Å². The molecule has 0 aromatic rings. The Morgan fingerprint density at radius 3 is 2.33 bits per heavy atom. The maximum atomic E-state index is 10.5. The van der Waals surface area contributed by atoms with Gasteiger partial charge in [0.15, 0.2) is 0 Å². The van der Waals surface area contributed by atoms with Crippen LogP contribution in [0.1, 0.15) is 13.8 Å². The predicted molar refractivity (Wildman–Crippen MR) is 37.0 cm³/mol. The molecular weight excluding hydrogens is 116 g/mol. The van der Waals surface area contributed by atoms with E-state index in [2.05, 4.69) is 0 Å². The standard InChI is InChI=1S/C6H14N2O/c1-5(7)4-8(3)6(2)9/h5H,4,7H2,1-3H3. The number of nitrogens with zero attached hydrogens (tertiary/aromatic N) is 1. The average molecular weight is 130 g/mol. The summed E-state index contributed by atoms with van der Waals surface area (Å²) in [5.74, 6) is 0.0623. The maximum Gasteiger partial charge on any atom is 0.219 e. The number of nitrogens with two attached hydrogens (primary N) is 1. The van der Waals surface area contributed by atoms with Crippen LogP contribution in [0.4, 0.5) is 0 Å². The Balaban J connectivity index is 3.50. The maximum absolute atomic E-state index is 10.5. The van der Waals surface area contributed by atoms with Crippen LogP contribution >= 0.6 is 0 Å². The van der Waals surface area contributed by atoms with Gasteiger partial charge in [-0.2, -0.15) is 0 Å². The van der Waals surface area contributed by atoms with Gasteiger partial charge in [0.1, 0.15) is 0 Å². The van der Waals surface area contributed by atoms with Crippen molar-refractivity contribution in [1.29, 1.82) is 0 Å². The van der Waals surface area contributed by atoms with Crippen LogP contribution in [0.15, 0.2) is 0 Å².